The van der Waals surface area contributed by atoms with Crippen LogP contribution < -0.4 is 4.72 Å². The van der Waals surface area contributed by atoms with E-state index in [9.17, 15) is 13.2 Å². The van der Waals surface area contributed by atoms with Crippen molar-refractivity contribution in [1.29, 1.82) is 0 Å². The zero-order chi connectivity index (χ0) is 38.3. The first-order valence-electron chi connectivity index (χ1n) is 17.5. The molecule has 0 spiro atoms. The third kappa shape index (κ3) is 11.5. The third-order valence-electron chi connectivity index (χ3n) is 8.04. The van der Waals surface area contributed by atoms with E-state index < -0.39 is 15.3 Å². The van der Waals surface area contributed by atoms with E-state index in [0.717, 1.165) is 21.3 Å². The summed E-state index contributed by atoms with van der Waals surface area (Å²) in [6.07, 6.45) is 13.5. The molecule has 1 aromatic rings. The van der Waals surface area contributed by atoms with Gasteiger partial charge in [0.15, 0.2) is 16.0 Å². The number of carbonyl (C=O) groups excluding carboxylic acids is 1. The summed E-state index contributed by atoms with van der Waals surface area (Å²) in [6.45, 7) is 29.5. The molecular formula is C41H57NO6S4. The third-order valence-corrected chi connectivity index (χ3v) is 13.9. The fourth-order valence-corrected chi connectivity index (χ4v) is 9.40. The molecule has 0 amide bonds. The van der Waals surface area contributed by atoms with Gasteiger partial charge in [0.1, 0.15) is 5.76 Å². The second kappa shape index (κ2) is 16.0. The molecule has 2 N–H and O–H groups in total. The van der Waals surface area contributed by atoms with Gasteiger partial charge in [0.25, 0.3) is 0 Å². The molecule has 1 aliphatic carbocycles. The molecule has 0 radical (unpaired) electrons. The van der Waals surface area contributed by atoms with Gasteiger partial charge in [0, 0.05) is 43.6 Å². The van der Waals surface area contributed by atoms with Gasteiger partial charge in [0.05, 0.1) is 23.1 Å². The van der Waals surface area contributed by atoms with Gasteiger partial charge in [-0.05, 0) is 60.9 Å². The Morgan fingerprint density at radius 3 is 1.87 bits per heavy atom. The van der Waals surface area contributed by atoms with Gasteiger partial charge in [0.2, 0.25) is 31.1 Å². The van der Waals surface area contributed by atoms with Crippen LogP contribution in [0.15, 0.2) is 87.1 Å². The van der Waals surface area contributed by atoms with Gasteiger partial charge < -0.3 is 14.9 Å². The van der Waals surface area contributed by atoms with Crippen LogP contribution in [0, 0.1) is 5.92 Å². The maximum Gasteiger partial charge on any atom is 0.235 e. The van der Waals surface area contributed by atoms with E-state index in [1.807, 2.05) is 19.1 Å². The average Bonchev–Trinajstić information content (AvgIpc) is 2.98. The first kappa shape index (κ1) is 43.8. The van der Waals surface area contributed by atoms with Gasteiger partial charge in [-0.1, -0.05) is 114 Å². The highest BCUT2D eigenvalue weighted by Crippen LogP contribution is 2.44. The van der Waals surface area contributed by atoms with Crippen LogP contribution in [0.4, 0.5) is 0 Å². The summed E-state index contributed by atoms with van der Waals surface area (Å²) in [5, 5.41) is 0.993. The number of hydrogen-bond acceptors (Lipinski definition) is 8. The van der Waals surface area contributed by atoms with E-state index in [2.05, 4.69) is 112 Å². The number of thioether (sulfide) groups is 2. The van der Waals surface area contributed by atoms with Gasteiger partial charge in [-0.2, -0.15) is 0 Å². The predicted molar refractivity (Wildman–Crippen MR) is 222 cm³/mol. The summed E-state index contributed by atoms with van der Waals surface area (Å²) in [5.41, 5.74) is 2.41. The summed E-state index contributed by atoms with van der Waals surface area (Å²) >= 11 is 5.09. The molecule has 0 bridgehead atoms. The quantitative estimate of drug-likeness (QED) is 0.194. The van der Waals surface area contributed by atoms with Crippen molar-refractivity contribution in [2.24, 2.45) is 5.92 Å². The number of allylic oxidation sites excluding steroid dienone is 7. The molecule has 1 unspecified atom stereocenters. The van der Waals surface area contributed by atoms with Crippen molar-refractivity contribution in [1.82, 2.24) is 4.72 Å². The lowest BCUT2D eigenvalue weighted by Gasteiger charge is -2.29. The van der Waals surface area contributed by atoms with Crippen molar-refractivity contribution in [2.45, 2.75) is 129 Å². The molecule has 0 saturated carbocycles. The van der Waals surface area contributed by atoms with E-state index >= 15 is 0 Å². The molecule has 1 aromatic heterocycles. The van der Waals surface area contributed by atoms with E-state index in [0.29, 0.717) is 29.0 Å². The maximum atomic E-state index is 14.0. The van der Waals surface area contributed by atoms with Crippen molar-refractivity contribution >= 4 is 56.7 Å². The number of ketones is 1. The Kier molecular flexibility index (Phi) is 13.5. The minimum absolute atomic E-state index is 0. The second-order valence-electron chi connectivity index (χ2n) is 17.3. The fourth-order valence-electron chi connectivity index (χ4n) is 5.07. The SMILES string of the molecule is CCC(C)S(=O)(=O)NC1=C(C=C2C=COC(C3C=C(SC(C)(C)C)OC(SC(C)(C)C)=C3)=C2)C(=O)C1=Cc1cc(C(C)(C)C)[s+]c(C(C)(C)C)c1.[OH-]. The summed E-state index contributed by atoms with van der Waals surface area (Å²) in [4.78, 5) is 16.3. The summed E-state index contributed by atoms with van der Waals surface area (Å²) in [5.74, 6) is 0.283. The Morgan fingerprint density at radius 1 is 0.885 bits per heavy atom. The molecule has 11 heteroatoms. The number of rotatable bonds is 9. The molecule has 2 aliphatic heterocycles. The topological polar surface area (TPSA) is 112 Å². The van der Waals surface area contributed by atoms with Crippen LogP contribution in [0.1, 0.15) is 119 Å². The number of ether oxygens (including phenoxy) is 2. The van der Waals surface area contributed by atoms with Crippen molar-refractivity contribution in [3.8, 4) is 0 Å². The number of carbonyl (C=O) groups is 1. The van der Waals surface area contributed by atoms with Gasteiger partial charge in [-0.3, -0.25) is 9.52 Å². The lowest BCUT2D eigenvalue weighted by molar-refractivity contribution is -0.112. The van der Waals surface area contributed by atoms with Crippen LogP contribution in [-0.2, 0) is 35.1 Å². The first-order chi connectivity index (χ1) is 23.3. The number of sulfonamides is 1. The molecule has 4 rings (SSSR count). The molecule has 1 atom stereocenters. The predicted octanol–water partition coefficient (Wildman–Crippen LogP) is 11.1. The minimum Gasteiger partial charge on any atom is -0.870 e. The number of nitrogens with one attached hydrogen (secondary N) is 1. The van der Waals surface area contributed by atoms with Crippen molar-refractivity contribution < 1.29 is 28.2 Å². The average molecular weight is 788 g/mol. The molecule has 0 saturated heterocycles. The van der Waals surface area contributed by atoms with E-state index in [4.69, 9.17) is 9.47 Å². The highest BCUT2D eigenvalue weighted by Gasteiger charge is 2.38. The van der Waals surface area contributed by atoms with Crippen LogP contribution in [0.25, 0.3) is 6.08 Å². The van der Waals surface area contributed by atoms with E-state index in [-0.39, 0.29) is 37.5 Å². The summed E-state index contributed by atoms with van der Waals surface area (Å²) in [7, 11) is -3.75. The molecular weight excluding hydrogens is 731 g/mol. The fraction of sp³-hybridized carbons (Fsp3) is 0.512. The Hall–Kier alpha value is -2.57. The molecule has 52 heavy (non-hydrogen) atoms. The van der Waals surface area contributed by atoms with Crippen LogP contribution in [-0.4, -0.2) is 34.4 Å². The first-order valence-corrected chi connectivity index (χ1v) is 21.5. The second-order valence-corrected chi connectivity index (χ2v) is 24.1. The minimum atomic E-state index is -3.75. The van der Waals surface area contributed by atoms with Crippen LogP contribution >= 0.6 is 34.9 Å². The van der Waals surface area contributed by atoms with Crippen molar-refractivity contribution in [2.75, 3.05) is 0 Å². The summed E-state index contributed by atoms with van der Waals surface area (Å²) < 4.78 is 41.9. The van der Waals surface area contributed by atoms with Crippen molar-refractivity contribution in [3.63, 3.8) is 0 Å². The largest absolute Gasteiger partial charge is 0.870 e. The molecule has 0 aromatic carbocycles. The van der Waals surface area contributed by atoms with E-state index in [1.54, 1.807) is 60.2 Å². The van der Waals surface area contributed by atoms with Gasteiger partial charge in [-0.25, -0.2) is 8.42 Å². The normalized spacial score (nSPS) is 19.7. The van der Waals surface area contributed by atoms with Crippen LogP contribution in [0.5, 0.6) is 0 Å². The zero-order valence-electron chi connectivity index (χ0n) is 33.2. The van der Waals surface area contributed by atoms with Gasteiger partial charge in [-0.15, -0.1) is 0 Å². The Balaban J connectivity index is 0.00000729. The maximum absolute atomic E-state index is 14.0. The summed E-state index contributed by atoms with van der Waals surface area (Å²) in [6, 6.07) is 4.22. The van der Waals surface area contributed by atoms with E-state index in [1.165, 1.54) is 9.75 Å². The molecule has 0 fully saturated rings. The lowest BCUT2D eigenvalue weighted by atomic mass is 9.83. The smallest absolute Gasteiger partial charge is 0.235 e. The molecule has 3 heterocycles. The molecule has 7 nitrogen and oxygen atoms in total. The standard InChI is InChI=1S/C41H55NO5S4.H2O/c1-15-25(2)51(44,45)42-36-29(37(43)30(36)19-27-21-32(38(3,4)5)48-33(22-27)39(6,7)8)18-26-16-17-46-31(20-26)28-23-34(49-40(9,10)11)47-35(24-28)50-41(12,13)14;/h16-25,28H,15H2,1-14H3;1H2. The van der Waals surface area contributed by atoms with Gasteiger partial charge >= 0.3 is 0 Å². The lowest BCUT2D eigenvalue weighted by Crippen LogP contribution is -2.38. The Bertz CT molecular complexity index is 1820. The van der Waals surface area contributed by atoms with Crippen LogP contribution in [0.2, 0.25) is 0 Å². The zero-order valence-corrected chi connectivity index (χ0v) is 36.4. The Morgan fingerprint density at radius 2 is 1.40 bits per heavy atom. The highest BCUT2D eigenvalue weighted by molar-refractivity contribution is 8.05. The highest BCUT2D eigenvalue weighted by atomic mass is 32.2. The number of Topliss-reactive ketones (excluding diaryl/α,β-unsaturated/α-hetero) is 1. The molecule has 286 valence electrons. The molecule has 3 aliphatic rings. The Labute approximate surface area is 325 Å². The van der Waals surface area contributed by atoms with Crippen molar-refractivity contribution in [3.05, 3.63) is 102 Å². The van der Waals surface area contributed by atoms with Crippen LogP contribution in [0.3, 0.4) is 0 Å². The number of hydrogen-bond donors (Lipinski definition) is 1. The monoisotopic (exact) mass is 787 g/mol.